The summed E-state index contributed by atoms with van der Waals surface area (Å²) in [4.78, 5) is 9.98. The van der Waals surface area contributed by atoms with Crippen molar-refractivity contribution in [2.24, 2.45) is 0 Å². The second kappa shape index (κ2) is 2.79. The average Bonchev–Trinajstić information content (AvgIpc) is 1.90. The summed E-state index contributed by atoms with van der Waals surface area (Å²) >= 11 is 0. The van der Waals surface area contributed by atoms with Gasteiger partial charge >= 0.3 is 0 Å². The van der Waals surface area contributed by atoms with Crippen molar-refractivity contribution in [3.8, 4) is 0 Å². The van der Waals surface area contributed by atoms with Crippen LogP contribution in [0.15, 0.2) is 0 Å². The molecule has 0 radical (unpaired) electrons. The first-order valence-corrected chi connectivity index (χ1v) is 2.58. The normalized spacial score (nSPS) is 29.8. The van der Waals surface area contributed by atoms with Gasteiger partial charge in [0.1, 0.15) is 19.2 Å². The maximum Gasteiger partial charge on any atom is 0.148 e. The van der Waals surface area contributed by atoms with E-state index >= 15 is 0 Å². The van der Waals surface area contributed by atoms with Gasteiger partial charge in [-0.2, -0.15) is 0 Å². The minimum Gasteiger partial charge on any atom is -0.355 e. The largest absolute Gasteiger partial charge is 0.355 e. The Kier molecular flexibility index (Phi) is 2.00. The van der Waals surface area contributed by atoms with Crippen LogP contribution in [0.25, 0.3) is 0 Å². The van der Waals surface area contributed by atoms with Gasteiger partial charge in [0.2, 0.25) is 0 Å². The van der Waals surface area contributed by atoms with Crippen molar-refractivity contribution in [2.75, 3.05) is 13.4 Å². The molecule has 1 fully saturated rings. The van der Waals surface area contributed by atoms with Crippen LogP contribution in [0.4, 0.5) is 0 Å². The molecule has 0 aromatic carbocycles. The summed E-state index contributed by atoms with van der Waals surface area (Å²) in [5.74, 6) is 0. The zero-order valence-electron chi connectivity index (χ0n) is 4.50. The molecule has 1 aliphatic heterocycles. The van der Waals surface area contributed by atoms with Gasteiger partial charge in [0, 0.05) is 6.42 Å². The van der Waals surface area contributed by atoms with Crippen LogP contribution in [-0.2, 0) is 14.3 Å². The van der Waals surface area contributed by atoms with Crippen LogP contribution in [0.5, 0.6) is 0 Å². The van der Waals surface area contributed by atoms with E-state index in [4.69, 9.17) is 9.47 Å². The first-order chi connectivity index (χ1) is 3.93. The highest BCUT2D eigenvalue weighted by atomic mass is 16.7. The van der Waals surface area contributed by atoms with E-state index in [2.05, 4.69) is 0 Å². The lowest BCUT2D eigenvalue weighted by atomic mass is 10.3. The Balaban J connectivity index is 2.22. The van der Waals surface area contributed by atoms with E-state index in [1.54, 1.807) is 0 Å². The van der Waals surface area contributed by atoms with Crippen LogP contribution in [0.2, 0.25) is 0 Å². The fourth-order valence-electron chi connectivity index (χ4n) is 0.585. The zero-order valence-corrected chi connectivity index (χ0v) is 4.50. The van der Waals surface area contributed by atoms with Crippen LogP contribution < -0.4 is 0 Å². The highest BCUT2D eigenvalue weighted by molar-refractivity contribution is 5.55. The SMILES string of the molecule is O=C[C@@H]1CCOCO1. The quantitative estimate of drug-likeness (QED) is 0.450. The lowest BCUT2D eigenvalue weighted by molar-refractivity contribution is -0.151. The Morgan fingerprint density at radius 3 is 2.88 bits per heavy atom. The van der Waals surface area contributed by atoms with Crippen molar-refractivity contribution >= 4 is 6.29 Å². The molecule has 0 aromatic heterocycles. The van der Waals surface area contributed by atoms with Crippen LogP contribution in [0.1, 0.15) is 6.42 Å². The van der Waals surface area contributed by atoms with Gasteiger partial charge in [-0.15, -0.1) is 0 Å². The Morgan fingerprint density at radius 1 is 1.62 bits per heavy atom. The van der Waals surface area contributed by atoms with Gasteiger partial charge in [-0.25, -0.2) is 0 Å². The third-order valence-corrected chi connectivity index (χ3v) is 1.06. The van der Waals surface area contributed by atoms with Crippen molar-refractivity contribution in [3.63, 3.8) is 0 Å². The summed E-state index contributed by atoms with van der Waals surface area (Å²) in [7, 11) is 0. The van der Waals surface area contributed by atoms with Crippen LogP contribution in [-0.4, -0.2) is 25.8 Å². The van der Waals surface area contributed by atoms with E-state index in [0.717, 1.165) is 6.29 Å². The Labute approximate surface area is 47.6 Å². The number of hydrogen-bond donors (Lipinski definition) is 0. The Morgan fingerprint density at radius 2 is 2.50 bits per heavy atom. The fourth-order valence-corrected chi connectivity index (χ4v) is 0.585. The molecule has 3 nitrogen and oxygen atoms in total. The number of rotatable bonds is 1. The number of ether oxygens (including phenoxy) is 2. The molecule has 0 aliphatic carbocycles. The van der Waals surface area contributed by atoms with Crippen molar-refractivity contribution in [1.29, 1.82) is 0 Å². The van der Waals surface area contributed by atoms with E-state index in [1.807, 2.05) is 0 Å². The molecule has 0 spiro atoms. The molecule has 3 heteroatoms. The predicted molar refractivity (Wildman–Crippen MR) is 26.4 cm³/mol. The fraction of sp³-hybridized carbons (Fsp3) is 0.800. The van der Waals surface area contributed by atoms with Gasteiger partial charge in [0.15, 0.2) is 0 Å². The summed E-state index contributed by atoms with van der Waals surface area (Å²) < 4.78 is 9.66. The first kappa shape index (κ1) is 5.72. The van der Waals surface area contributed by atoms with Crippen LogP contribution >= 0.6 is 0 Å². The number of carbonyl (C=O) groups excluding carboxylic acids is 1. The summed E-state index contributed by atoms with van der Waals surface area (Å²) in [6.45, 7) is 0.910. The molecule has 0 amide bonds. The maximum atomic E-state index is 9.98. The summed E-state index contributed by atoms with van der Waals surface area (Å²) in [5.41, 5.74) is 0. The van der Waals surface area contributed by atoms with Crippen molar-refractivity contribution in [2.45, 2.75) is 12.5 Å². The molecular formula is C5H8O3. The van der Waals surface area contributed by atoms with E-state index in [1.165, 1.54) is 0 Å². The van der Waals surface area contributed by atoms with Gasteiger partial charge in [-0.05, 0) is 0 Å². The standard InChI is InChI=1S/C5H8O3/c6-3-5-1-2-7-4-8-5/h3,5H,1-2,4H2/t5-/m0/s1. The van der Waals surface area contributed by atoms with E-state index in [0.29, 0.717) is 13.0 Å². The van der Waals surface area contributed by atoms with Crippen molar-refractivity contribution in [3.05, 3.63) is 0 Å². The Hall–Kier alpha value is -0.410. The lowest BCUT2D eigenvalue weighted by Gasteiger charge is -2.16. The van der Waals surface area contributed by atoms with Crippen molar-refractivity contribution < 1.29 is 14.3 Å². The molecular weight excluding hydrogens is 108 g/mol. The van der Waals surface area contributed by atoms with E-state index in [-0.39, 0.29) is 12.9 Å². The third-order valence-electron chi connectivity index (χ3n) is 1.06. The molecule has 46 valence electrons. The molecule has 1 atom stereocenters. The molecule has 0 N–H and O–H groups in total. The number of carbonyl (C=O) groups is 1. The Bertz CT molecular complexity index is 75.7. The predicted octanol–water partition coefficient (Wildman–Crippen LogP) is -0.0517. The smallest absolute Gasteiger partial charge is 0.148 e. The molecule has 1 rings (SSSR count). The summed E-state index contributed by atoms with van der Waals surface area (Å²) in [6, 6.07) is 0. The second-order valence-corrected chi connectivity index (χ2v) is 1.66. The highest BCUT2D eigenvalue weighted by Crippen LogP contribution is 2.01. The van der Waals surface area contributed by atoms with Crippen LogP contribution in [0, 0.1) is 0 Å². The minimum atomic E-state index is -0.219. The topological polar surface area (TPSA) is 35.5 Å². The molecule has 8 heavy (non-hydrogen) atoms. The molecule has 1 saturated heterocycles. The zero-order chi connectivity index (χ0) is 5.82. The van der Waals surface area contributed by atoms with Crippen molar-refractivity contribution in [1.82, 2.24) is 0 Å². The molecule has 0 saturated carbocycles. The lowest BCUT2D eigenvalue weighted by Crippen LogP contribution is -2.24. The molecule has 0 aromatic rings. The number of aldehydes is 1. The molecule has 1 aliphatic rings. The van der Waals surface area contributed by atoms with Gasteiger partial charge < -0.3 is 14.3 Å². The molecule has 1 heterocycles. The minimum absolute atomic E-state index is 0.219. The first-order valence-electron chi connectivity index (χ1n) is 2.58. The second-order valence-electron chi connectivity index (χ2n) is 1.66. The van der Waals surface area contributed by atoms with E-state index < -0.39 is 0 Å². The van der Waals surface area contributed by atoms with Gasteiger partial charge in [0.05, 0.1) is 6.61 Å². The molecule has 0 bridgehead atoms. The van der Waals surface area contributed by atoms with Gasteiger partial charge in [-0.3, -0.25) is 0 Å². The highest BCUT2D eigenvalue weighted by Gasteiger charge is 2.11. The van der Waals surface area contributed by atoms with Gasteiger partial charge in [-0.1, -0.05) is 0 Å². The average molecular weight is 116 g/mol. The summed E-state index contributed by atoms with van der Waals surface area (Å²) in [6.07, 6.45) is 1.29. The van der Waals surface area contributed by atoms with E-state index in [9.17, 15) is 4.79 Å². The molecule has 0 unspecified atom stereocenters. The summed E-state index contributed by atoms with van der Waals surface area (Å²) in [5, 5.41) is 0. The van der Waals surface area contributed by atoms with Gasteiger partial charge in [0.25, 0.3) is 0 Å². The third kappa shape index (κ3) is 1.28. The monoisotopic (exact) mass is 116 g/mol. The van der Waals surface area contributed by atoms with Crippen LogP contribution in [0.3, 0.4) is 0 Å². The number of hydrogen-bond acceptors (Lipinski definition) is 3. The maximum absolute atomic E-state index is 9.98.